The van der Waals surface area contributed by atoms with Crippen LogP contribution in [0, 0.1) is 0 Å². The zero-order chi connectivity index (χ0) is 30.0. The molecule has 0 radical (unpaired) electrons. The van der Waals surface area contributed by atoms with Crippen LogP contribution in [-0.2, 0) is 25.9 Å². The van der Waals surface area contributed by atoms with E-state index < -0.39 is 34.8 Å². The Labute approximate surface area is 243 Å². The predicted octanol–water partition coefficient (Wildman–Crippen LogP) is 4.99. The molecule has 13 heteroatoms. The van der Waals surface area contributed by atoms with Gasteiger partial charge in [-0.05, 0) is 48.0 Å². The van der Waals surface area contributed by atoms with Crippen LogP contribution in [0.25, 0.3) is 22.4 Å². The molecular weight excluding hydrogens is 567 g/mol. The number of hydrogen-bond donors (Lipinski definition) is 2. The van der Waals surface area contributed by atoms with Crippen LogP contribution in [0.15, 0.2) is 60.8 Å². The van der Waals surface area contributed by atoms with Gasteiger partial charge >= 0.3 is 18.2 Å². The number of rotatable bonds is 5. The van der Waals surface area contributed by atoms with Crippen molar-refractivity contribution in [3.8, 4) is 11.4 Å². The number of nitrogens with zero attached hydrogens (tertiary/aromatic N) is 4. The second-order valence-corrected chi connectivity index (χ2v) is 11.3. The lowest BCUT2D eigenvalue weighted by Crippen LogP contribution is -2.53. The van der Waals surface area contributed by atoms with Gasteiger partial charge in [-0.3, -0.25) is 9.69 Å². The summed E-state index contributed by atoms with van der Waals surface area (Å²) in [5.41, 5.74) is 0.231. The van der Waals surface area contributed by atoms with E-state index in [0.717, 1.165) is 18.0 Å². The van der Waals surface area contributed by atoms with Gasteiger partial charge in [0.1, 0.15) is 22.7 Å². The average molecular weight is 594 g/mol. The van der Waals surface area contributed by atoms with Crippen molar-refractivity contribution in [2.75, 3.05) is 42.6 Å². The minimum Gasteiger partial charge on any atom is -0.480 e. The van der Waals surface area contributed by atoms with Gasteiger partial charge in [-0.1, -0.05) is 12.1 Å². The van der Waals surface area contributed by atoms with Crippen molar-refractivity contribution in [1.82, 2.24) is 15.0 Å². The van der Waals surface area contributed by atoms with Crippen molar-refractivity contribution in [2.24, 2.45) is 0 Å². The van der Waals surface area contributed by atoms with Gasteiger partial charge < -0.3 is 24.5 Å². The highest BCUT2D eigenvalue weighted by atomic mass is 19.4. The maximum absolute atomic E-state index is 13.1. The number of halogens is 3. The Morgan fingerprint density at radius 3 is 2.37 bits per heavy atom. The Hall–Kier alpha value is -4.65. The summed E-state index contributed by atoms with van der Waals surface area (Å²) in [6.07, 6.45) is -2.04. The molecule has 0 aliphatic carbocycles. The number of hydrogen-bond acceptors (Lipinski definition) is 7. The Kier molecular flexibility index (Phi) is 6.13. The molecule has 1 spiro atoms. The van der Waals surface area contributed by atoms with E-state index in [1.54, 1.807) is 35.4 Å². The zero-order valence-corrected chi connectivity index (χ0v) is 22.7. The number of imidazole rings is 1. The fraction of sp³-hybridized carbons (Fsp3) is 0.333. The third-order valence-corrected chi connectivity index (χ3v) is 8.64. The van der Waals surface area contributed by atoms with E-state index in [1.807, 2.05) is 12.1 Å². The molecular formula is C30H26F3N5O5. The zero-order valence-electron chi connectivity index (χ0n) is 22.7. The molecule has 2 N–H and O–H groups in total. The summed E-state index contributed by atoms with van der Waals surface area (Å²) in [6, 6.07) is 14.0. The normalized spacial score (nSPS) is 19.5. The summed E-state index contributed by atoms with van der Waals surface area (Å²) in [4.78, 5) is 40.2. The molecule has 5 heterocycles. The number of carbonyl (C=O) groups excluding carboxylic acids is 1. The number of aliphatic carboxylic acids is 1. The lowest BCUT2D eigenvalue weighted by Gasteiger charge is -2.38. The SMILES string of the molecule is O=C1OC2(CCN(c3ccc(-c4nc5ccc(C(F)(F)F)cc5[nH]4)cn3)CC2)CN1c1ccc(C2(C(=O)O)COC2)cc1. The number of pyridine rings is 1. The lowest BCUT2D eigenvalue weighted by atomic mass is 9.78. The molecule has 2 aromatic heterocycles. The molecule has 7 rings (SSSR count). The predicted molar refractivity (Wildman–Crippen MR) is 149 cm³/mol. The van der Waals surface area contributed by atoms with Crippen molar-refractivity contribution in [1.29, 1.82) is 0 Å². The van der Waals surface area contributed by atoms with E-state index in [0.29, 0.717) is 66.1 Å². The number of H-pyrrole nitrogens is 1. The van der Waals surface area contributed by atoms with Crippen LogP contribution in [0.3, 0.4) is 0 Å². The van der Waals surface area contributed by atoms with Crippen LogP contribution < -0.4 is 9.80 Å². The summed E-state index contributed by atoms with van der Waals surface area (Å²) in [5, 5.41) is 9.65. The van der Waals surface area contributed by atoms with Crippen LogP contribution in [0.1, 0.15) is 24.0 Å². The van der Waals surface area contributed by atoms with Crippen molar-refractivity contribution < 1.29 is 37.3 Å². The number of ether oxygens (including phenoxy) is 2. The van der Waals surface area contributed by atoms with Crippen LogP contribution in [0.4, 0.5) is 29.5 Å². The molecule has 43 heavy (non-hydrogen) atoms. The maximum Gasteiger partial charge on any atom is 0.416 e. The Balaban J connectivity index is 1.00. The molecule has 10 nitrogen and oxygen atoms in total. The Morgan fingerprint density at radius 2 is 1.77 bits per heavy atom. The van der Waals surface area contributed by atoms with Crippen LogP contribution in [0.2, 0.25) is 0 Å². The summed E-state index contributed by atoms with van der Waals surface area (Å²) < 4.78 is 50.2. The van der Waals surface area contributed by atoms with Gasteiger partial charge in [0.2, 0.25) is 0 Å². The number of benzene rings is 2. The van der Waals surface area contributed by atoms with E-state index >= 15 is 0 Å². The quantitative estimate of drug-likeness (QED) is 0.332. The van der Waals surface area contributed by atoms with Crippen molar-refractivity contribution in [2.45, 2.75) is 30.0 Å². The number of alkyl halides is 3. The van der Waals surface area contributed by atoms with E-state index in [4.69, 9.17) is 9.47 Å². The highest BCUT2D eigenvalue weighted by molar-refractivity contribution is 5.91. The molecule has 3 fully saturated rings. The highest BCUT2D eigenvalue weighted by Crippen LogP contribution is 2.39. The number of aromatic amines is 1. The van der Waals surface area contributed by atoms with E-state index in [1.165, 1.54) is 6.07 Å². The number of nitrogens with one attached hydrogen (secondary N) is 1. The fourth-order valence-electron chi connectivity index (χ4n) is 5.94. The standard InChI is InChI=1S/C30H26F3N5O5/c31-30(32,33)20-4-7-22-23(13-20)36-25(35-22)18-1-8-24(34-14-18)37-11-9-28(10-12-37)15-38(27(41)43-28)21-5-2-19(3-6-21)29(26(39)40)16-42-17-29/h1-8,13-14H,9-12,15-17H2,(H,35,36)(H,39,40). The number of piperidine rings is 1. The summed E-state index contributed by atoms with van der Waals surface area (Å²) in [7, 11) is 0. The Morgan fingerprint density at radius 1 is 1.02 bits per heavy atom. The number of carboxylic acid groups (broad SMARTS) is 1. The minimum atomic E-state index is -4.44. The second-order valence-electron chi connectivity index (χ2n) is 11.3. The number of anilines is 2. The molecule has 0 unspecified atom stereocenters. The molecule has 3 saturated heterocycles. The first-order chi connectivity index (χ1) is 20.6. The molecule has 1 amide bonds. The van der Waals surface area contributed by atoms with Crippen molar-refractivity contribution in [3.63, 3.8) is 0 Å². The van der Waals surface area contributed by atoms with Crippen molar-refractivity contribution in [3.05, 3.63) is 71.9 Å². The van der Waals surface area contributed by atoms with Gasteiger partial charge in [0.05, 0.1) is 36.4 Å². The minimum absolute atomic E-state index is 0.122. The number of fused-ring (bicyclic) bond motifs is 1. The van der Waals surface area contributed by atoms with Crippen LogP contribution >= 0.6 is 0 Å². The highest BCUT2D eigenvalue weighted by Gasteiger charge is 2.49. The number of amides is 1. The molecule has 4 aromatic rings. The summed E-state index contributed by atoms with van der Waals surface area (Å²) in [5.74, 6) is 0.230. The molecule has 0 atom stereocenters. The van der Waals surface area contributed by atoms with Crippen LogP contribution in [-0.4, -0.2) is 70.6 Å². The van der Waals surface area contributed by atoms with Gasteiger partial charge in [-0.2, -0.15) is 13.2 Å². The van der Waals surface area contributed by atoms with Crippen LogP contribution in [0.5, 0.6) is 0 Å². The third kappa shape index (κ3) is 4.63. The number of carboxylic acids is 1. The number of carbonyl (C=O) groups is 2. The van der Waals surface area contributed by atoms with Gasteiger partial charge in [0.15, 0.2) is 0 Å². The fourth-order valence-corrected chi connectivity index (χ4v) is 5.94. The smallest absolute Gasteiger partial charge is 0.416 e. The van der Waals surface area contributed by atoms with E-state index in [-0.39, 0.29) is 13.2 Å². The lowest BCUT2D eigenvalue weighted by molar-refractivity contribution is -0.163. The first kappa shape index (κ1) is 27.2. The largest absolute Gasteiger partial charge is 0.480 e. The molecule has 222 valence electrons. The van der Waals surface area contributed by atoms with Gasteiger partial charge in [-0.25, -0.2) is 14.8 Å². The topological polar surface area (TPSA) is 121 Å². The Bertz CT molecular complexity index is 1710. The molecule has 3 aliphatic rings. The summed E-state index contributed by atoms with van der Waals surface area (Å²) in [6.45, 7) is 1.85. The first-order valence-corrected chi connectivity index (χ1v) is 13.8. The first-order valence-electron chi connectivity index (χ1n) is 13.8. The van der Waals surface area contributed by atoms with E-state index in [9.17, 15) is 27.9 Å². The number of aromatic nitrogens is 3. The summed E-state index contributed by atoms with van der Waals surface area (Å²) >= 11 is 0. The van der Waals surface area contributed by atoms with Gasteiger partial charge in [0, 0.05) is 43.4 Å². The molecule has 2 aromatic carbocycles. The monoisotopic (exact) mass is 593 g/mol. The molecule has 0 saturated carbocycles. The van der Waals surface area contributed by atoms with E-state index in [2.05, 4.69) is 19.9 Å². The van der Waals surface area contributed by atoms with Gasteiger partial charge in [0.25, 0.3) is 0 Å². The maximum atomic E-state index is 13.1. The van der Waals surface area contributed by atoms with Gasteiger partial charge in [-0.15, -0.1) is 0 Å². The second kappa shape index (κ2) is 9.69. The average Bonchev–Trinajstić information content (AvgIpc) is 3.53. The molecule has 3 aliphatic heterocycles. The molecule has 0 bridgehead atoms. The third-order valence-electron chi connectivity index (χ3n) is 8.64. The van der Waals surface area contributed by atoms with Crippen molar-refractivity contribution >= 4 is 34.6 Å².